The fourth-order valence-electron chi connectivity index (χ4n) is 17.2. The third-order valence-electron chi connectivity index (χ3n) is 24.7. The van der Waals surface area contributed by atoms with Crippen LogP contribution in [0.3, 0.4) is 0 Å². The van der Waals surface area contributed by atoms with Crippen molar-refractivity contribution in [3.05, 3.63) is 78.4 Å². The lowest BCUT2D eigenvalue weighted by Gasteiger charge is -2.41. The average Bonchev–Trinajstić information content (AvgIpc) is 1.63. The van der Waals surface area contributed by atoms with Crippen LogP contribution < -0.4 is 48.3 Å². The van der Waals surface area contributed by atoms with E-state index < -0.39 is 144 Å². The summed E-state index contributed by atoms with van der Waals surface area (Å²) >= 11 is 0. The number of likely N-dealkylation sites (tertiary alicyclic amines) is 1. The number of aliphatic hydroxyl groups is 1. The number of ether oxygens (including phenoxy) is 8. The predicted molar refractivity (Wildman–Crippen MR) is 474 cm³/mol. The molecule has 3 aliphatic carbocycles. The summed E-state index contributed by atoms with van der Waals surface area (Å²) in [4.78, 5) is 169. The van der Waals surface area contributed by atoms with E-state index in [2.05, 4.69) is 67.9 Å². The van der Waals surface area contributed by atoms with Crippen molar-refractivity contribution in [2.45, 2.75) is 240 Å². The molecule has 4 aliphatic rings. The summed E-state index contributed by atoms with van der Waals surface area (Å²) < 4.78 is 45.5. The Kier molecular flexibility index (Phi) is 45.1. The fraction of sp³-hybridized carbons (Fsp3) is 0.696. The lowest BCUT2D eigenvalue weighted by Crippen LogP contribution is -2.60. The Balaban J connectivity index is 0.967. The van der Waals surface area contributed by atoms with E-state index in [1.807, 2.05) is 38.1 Å². The van der Waals surface area contributed by atoms with Crippen LogP contribution in [-0.4, -0.2) is 258 Å². The Morgan fingerprint density at radius 1 is 0.619 bits per heavy atom. The van der Waals surface area contributed by atoms with Crippen molar-refractivity contribution < 1.29 is 101 Å². The zero-order valence-corrected chi connectivity index (χ0v) is 76.9. The van der Waals surface area contributed by atoms with Crippen molar-refractivity contribution in [3.63, 3.8) is 0 Å². The summed E-state index contributed by atoms with van der Waals surface area (Å²) in [6.45, 7) is 24.1. The van der Waals surface area contributed by atoms with Crippen molar-refractivity contribution in [1.82, 2.24) is 56.8 Å². The van der Waals surface area contributed by atoms with Gasteiger partial charge in [-0.25, -0.2) is 28.8 Å². The van der Waals surface area contributed by atoms with Gasteiger partial charge in [-0.2, -0.15) is 0 Å². The Hall–Kier alpha value is -9.98. The van der Waals surface area contributed by atoms with Crippen molar-refractivity contribution in [2.24, 2.45) is 70.8 Å². The molecule has 704 valence electrons. The van der Waals surface area contributed by atoms with Crippen LogP contribution in [0.15, 0.2) is 67.3 Å². The SMILES string of the molecule is C=CCC[C@H]1[C@@H](CCCC)[C@H]1COC(=O)NCCN(CCNC(=O)OCC1[C@H]2CCC#CCC[C@@H]12)C(=O)OCCOCCOC(=O)N[C@H](C(=O)N[C@@H](CCCNC(N)=O)C(=O)Nc1ccc(COC(=O)N(C)[C@H](C(=O)N[C@H](C(=O)N(C)[C@@H]([C@@H](C)CC)[C@@H](CC(=O)N2CCC[C@H]2[C@H](OC)[C@@H](C)C(=O)N[C@H](C)[C@@H](O)c2ccccc2)OC)C(C)C)C(C)C)cc1)C(C)C. The topological polar surface area (TPSA) is 434 Å². The van der Waals surface area contributed by atoms with Crippen LogP contribution in [0.4, 0.5) is 34.5 Å². The zero-order chi connectivity index (χ0) is 92.7. The molecule has 18 atom stereocenters. The smallest absolute Gasteiger partial charge is 0.410 e. The number of hydrogen-bond acceptors (Lipinski definition) is 21. The highest BCUT2D eigenvalue weighted by Crippen LogP contribution is 2.53. The van der Waals surface area contributed by atoms with E-state index in [9.17, 15) is 62.6 Å². The maximum Gasteiger partial charge on any atom is 0.410 e. The van der Waals surface area contributed by atoms with Gasteiger partial charge in [0.1, 0.15) is 44.0 Å². The number of allylic oxidation sites excluding steroid dienone is 1. The summed E-state index contributed by atoms with van der Waals surface area (Å²) in [6, 6.07) is 8.22. The highest BCUT2D eigenvalue weighted by Gasteiger charge is 2.51. The molecule has 0 bridgehead atoms. The molecule has 1 aliphatic heterocycles. The number of alkyl carbamates (subject to hydrolysis) is 3. The molecule has 13 amide bonds. The third-order valence-corrected chi connectivity index (χ3v) is 24.7. The molecule has 0 aromatic heterocycles. The monoisotopic (exact) mass is 1770 g/mol. The summed E-state index contributed by atoms with van der Waals surface area (Å²) in [7, 11) is 6.06. The summed E-state index contributed by atoms with van der Waals surface area (Å²) in [6.07, 6.45) is 6.52. The third kappa shape index (κ3) is 33.3. The number of methoxy groups -OCH3 is 2. The Morgan fingerprint density at radius 2 is 1.24 bits per heavy atom. The van der Waals surface area contributed by atoms with Gasteiger partial charge in [0.25, 0.3) is 0 Å². The minimum Gasteiger partial charge on any atom is -0.449 e. The minimum absolute atomic E-state index is 0.0153. The summed E-state index contributed by atoms with van der Waals surface area (Å²) in [5.41, 5.74) is 6.75. The number of nitrogens with two attached hydrogens (primary N) is 1. The van der Waals surface area contributed by atoms with Gasteiger partial charge in [-0.15, -0.1) is 18.4 Å². The summed E-state index contributed by atoms with van der Waals surface area (Å²) in [5, 5.41) is 32.9. The number of nitrogens with one attached hydrogen (secondary N) is 8. The van der Waals surface area contributed by atoms with Crippen LogP contribution in [0, 0.1) is 76.9 Å². The molecule has 1 unspecified atom stereocenters. The van der Waals surface area contributed by atoms with Gasteiger partial charge in [-0.05, 0) is 147 Å². The molecule has 2 aromatic rings. The number of anilines is 1. The summed E-state index contributed by atoms with van der Waals surface area (Å²) in [5.74, 6) is 3.62. The number of unbranched alkanes of at least 4 members (excludes halogenated alkanes) is 1. The van der Waals surface area contributed by atoms with Gasteiger partial charge in [-0.1, -0.05) is 137 Å². The van der Waals surface area contributed by atoms with Crippen LogP contribution in [0.2, 0.25) is 0 Å². The van der Waals surface area contributed by atoms with Crippen molar-refractivity contribution in [1.29, 1.82) is 0 Å². The fourth-order valence-corrected chi connectivity index (χ4v) is 17.2. The molecule has 2 aromatic carbocycles. The highest BCUT2D eigenvalue weighted by molar-refractivity contribution is 5.98. The van der Waals surface area contributed by atoms with Crippen molar-refractivity contribution in [2.75, 3.05) is 113 Å². The van der Waals surface area contributed by atoms with Crippen LogP contribution in [0.5, 0.6) is 0 Å². The molecule has 1 saturated heterocycles. The number of rotatable bonds is 54. The van der Waals surface area contributed by atoms with E-state index in [-0.39, 0.29) is 103 Å². The van der Waals surface area contributed by atoms with Crippen molar-refractivity contribution in [3.8, 4) is 11.8 Å². The van der Waals surface area contributed by atoms with Gasteiger partial charge in [0.2, 0.25) is 35.4 Å². The number of fused-ring (bicyclic) bond motifs is 1. The number of amides is 13. The van der Waals surface area contributed by atoms with Gasteiger partial charge >= 0.3 is 36.5 Å². The lowest BCUT2D eigenvalue weighted by atomic mass is 9.89. The standard InChI is InChI=1S/C92H145N13O21/c1-17-20-33-66-67(34-21-18-2)70(66)55-124-88(114)95-44-47-104(48-45-96-89(115)125-56-71-68-35-27-22-23-28-36-69(68)71)92(118)123-52-50-121-49-51-122-90(116)101-76(57(4)5)84(110)99-72(37-29-43-94-87(93)113)83(109)98-65-41-39-63(40-42-65)54-126-91(117)103(14)78(59(8)9)85(111)100-77(58(6)7)86(112)102(13)79(60(10)19-3)74(119-15)53-75(106)105-46-30-38-73(105)81(120-16)61(11)82(108)97-62(12)80(107)64-31-25-24-26-32-64/h17,24-26,31-32,39-42,57-62,66-74,76-81,107H,1,18-21,27-30,33-38,43-56H2,2-16H3,(H,95,114)(H,96,115)(H,97,108)(H,98,109)(H,99,110)(H,100,111)(H,101,116)(H3,93,94,113)/t60-,61+,62+,66-,67+,68-,69+,70-,71?,72-,73-,74+,76-,77-,78-,79-,80+,81+/m0/s1. The molecule has 34 nitrogen and oxygen atoms in total. The number of nitrogens with zero attached hydrogens (tertiary/aromatic N) is 4. The number of benzene rings is 2. The second-order valence-corrected chi connectivity index (χ2v) is 34.7. The van der Waals surface area contributed by atoms with E-state index in [0.29, 0.717) is 91.3 Å². The van der Waals surface area contributed by atoms with Gasteiger partial charge in [0.15, 0.2) is 0 Å². The Labute approximate surface area is 744 Å². The number of carbonyl (C=O) groups is 12. The minimum atomic E-state index is -1.21. The first kappa shape index (κ1) is 105. The van der Waals surface area contributed by atoms with Crippen LogP contribution in [0.1, 0.15) is 190 Å². The highest BCUT2D eigenvalue weighted by atomic mass is 16.6. The molecule has 3 fully saturated rings. The van der Waals surface area contributed by atoms with Crippen LogP contribution in [0.25, 0.3) is 0 Å². The van der Waals surface area contributed by atoms with Gasteiger partial charge in [0.05, 0.1) is 75.2 Å². The van der Waals surface area contributed by atoms with Crippen LogP contribution >= 0.6 is 0 Å². The lowest BCUT2D eigenvalue weighted by molar-refractivity contribution is -0.148. The molecule has 126 heavy (non-hydrogen) atoms. The number of hydrogen-bond donors (Lipinski definition) is 10. The van der Waals surface area contributed by atoms with E-state index in [1.54, 1.807) is 109 Å². The molecule has 1 heterocycles. The van der Waals surface area contributed by atoms with Gasteiger partial charge < -0.3 is 106 Å². The van der Waals surface area contributed by atoms with Gasteiger partial charge in [-0.3, -0.25) is 33.7 Å². The second-order valence-electron chi connectivity index (χ2n) is 34.7. The first-order valence-corrected chi connectivity index (χ1v) is 45.1. The number of urea groups is 1. The molecule has 6 rings (SSSR count). The number of likely N-dealkylation sites (N-methyl/N-ethyl adjacent to an activating group) is 2. The molecule has 11 N–H and O–H groups in total. The Morgan fingerprint density at radius 3 is 1.82 bits per heavy atom. The molecular weight excluding hydrogens is 1620 g/mol. The maximum atomic E-state index is 14.9. The predicted octanol–water partition coefficient (Wildman–Crippen LogP) is 9.57. The molecule has 0 spiro atoms. The van der Waals surface area contributed by atoms with E-state index >= 15 is 0 Å². The first-order chi connectivity index (χ1) is 60.2. The van der Waals surface area contributed by atoms with Gasteiger partial charge in [0, 0.05) is 86.1 Å². The number of aliphatic hydroxyl groups excluding tert-OH is 1. The quantitative estimate of drug-likeness (QED) is 0.0127. The molecular formula is C92H145N13O21. The molecule has 2 saturated carbocycles. The molecule has 34 heteroatoms. The zero-order valence-electron chi connectivity index (χ0n) is 76.9. The number of primary amides is 1. The Bertz CT molecular complexity index is 3850. The van der Waals surface area contributed by atoms with E-state index in [4.69, 9.17) is 43.6 Å². The largest absolute Gasteiger partial charge is 0.449 e. The van der Waals surface area contributed by atoms with Crippen molar-refractivity contribution >= 4 is 77.6 Å². The average molecular weight is 1770 g/mol. The second kappa shape index (κ2) is 54.3. The molecule has 0 radical (unpaired) electrons. The van der Waals surface area contributed by atoms with Crippen LogP contribution in [-0.2, 0) is 73.3 Å². The van der Waals surface area contributed by atoms with E-state index in [0.717, 1.165) is 62.7 Å². The normalized spacial score (nSPS) is 20.0. The first-order valence-electron chi connectivity index (χ1n) is 45.1. The number of carbonyl (C=O) groups excluding carboxylic acids is 12. The maximum absolute atomic E-state index is 14.9. The van der Waals surface area contributed by atoms with E-state index in [1.165, 1.54) is 26.2 Å².